The molecule has 150 valence electrons. The second-order valence-electron chi connectivity index (χ2n) is 6.32. The molecule has 30 heavy (non-hydrogen) atoms. The van der Waals surface area contributed by atoms with Crippen LogP contribution >= 0.6 is 23.8 Å². The SMILES string of the molecule is COc1ccc2oc(-c3cccc(NC(=S)NC(=O)c4ccccc4Cl)c3)nc2c1. The van der Waals surface area contributed by atoms with E-state index in [0.29, 0.717) is 39.0 Å². The van der Waals surface area contributed by atoms with Crippen molar-refractivity contribution in [1.82, 2.24) is 10.3 Å². The van der Waals surface area contributed by atoms with E-state index >= 15 is 0 Å². The van der Waals surface area contributed by atoms with Crippen LogP contribution in [-0.4, -0.2) is 23.1 Å². The monoisotopic (exact) mass is 437 g/mol. The van der Waals surface area contributed by atoms with Crippen molar-refractivity contribution in [3.8, 4) is 17.2 Å². The van der Waals surface area contributed by atoms with Crippen molar-refractivity contribution in [2.24, 2.45) is 0 Å². The lowest BCUT2D eigenvalue weighted by Gasteiger charge is -2.10. The number of carbonyl (C=O) groups is 1. The van der Waals surface area contributed by atoms with Crippen LogP contribution < -0.4 is 15.4 Å². The molecule has 3 aromatic carbocycles. The predicted octanol–water partition coefficient (Wildman–Crippen LogP) is 5.28. The highest BCUT2D eigenvalue weighted by atomic mass is 35.5. The molecule has 1 heterocycles. The standard InChI is InChI=1S/C22H16ClN3O3S/c1-28-15-9-10-19-18(12-15)25-21(29-19)13-5-4-6-14(11-13)24-22(30)26-20(27)16-7-2-3-8-17(16)23/h2-12H,1H3,(H2,24,26,27,30). The lowest BCUT2D eigenvalue weighted by molar-refractivity contribution is 0.0978. The lowest BCUT2D eigenvalue weighted by Crippen LogP contribution is -2.34. The van der Waals surface area contributed by atoms with Crippen molar-refractivity contribution in [1.29, 1.82) is 0 Å². The van der Waals surface area contributed by atoms with Gasteiger partial charge < -0.3 is 14.5 Å². The van der Waals surface area contributed by atoms with Crippen LogP contribution in [0.4, 0.5) is 5.69 Å². The number of benzene rings is 3. The minimum Gasteiger partial charge on any atom is -0.497 e. The number of halogens is 1. The first kappa shape index (κ1) is 19.9. The zero-order chi connectivity index (χ0) is 21.1. The molecule has 0 spiro atoms. The third-order valence-corrected chi connectivity index (χ3v) is 4.84. The molecule has 6 nitrogen and oxygen atoms in total. The van der Waals surface area contributed by atoms with Gasteiger partial charge in [0, 0.05) is 17.3 Å². The number of hydrogen-bond acceptors (Lipinski definition) is 5. The van der Waals surface area contributed by atoms with E-state index in [1.165, 1.54) is 0 Å². The first-order valence-corrected chi connectivity index (χ1v) is 9.74. The van der Waals surface area contributed by atoms with Gasteiger partial charge in [0.15, 0.2) is 10.7 Å². The van der Waals surface area contributed by atoms with Crippen LogP contribution in [0.15, 0.2) is 71.1 Å². The fourth-order valence-corrected chi connectivity index (χ4v) is 3.30. The van der Waals surface area contributed by atoms with Crippen molar-refractivity contribution < 1.29 is 13.9 Å². The van der Waals surface area contributed by atoms with Gasteiger partial charge in [-0.3, -0.25) is 10.1 Å². The van der Waals surface area contributed by atoms with Crippen LogP contribution in [0.25, 0.3) is 22.6 Å². The molecule has 0 bridgehead atoms. The number of amides is 1. The summed E-state index contributed by atoms with van der Waals surface area (Å²) in [5.41, 5.74) is 3.14. The second kappa shape index (κ2) is 8.52. The van der Waals surface area contributed by atoms with Crippen LogP contribution in [0.5, 0.6) is 5.75 Å². The Labute approximate surface area is 182 Å². The zero-order valence-corrected chi connectivity index (χ0v) is 17.4. The Balaban J connectivity index is 1.50. The van der Waals surface area contributed by atoms with E-state index in [-0.39, 0.29) is 11.0 Å². The maximum atomic E-state index is 12.3. The number of thiocarbonyl (C=S) groups is 1. The highest BCUT2D eigenvalue weighted by molar-refractivity contribution is 7.80. The minimum absolute atomic E-state index is 0.152. The minimum atomic E-state index is -0.387. The Kier molecular flexibility index (Phi) is 5.65. The molecule has 0 saturated heterocycles. The number of oxazole rings is 1. The van der Waals surface area contributed by atoms with Gasteiger partial charge in [-0.15, -0.1) is 0 Å². The van der Waals surface area contributed by atoms with Crippen LogP contribution in [0.2, 0.25) is 5.02 Å². The number of nitrogens with zero attached hydrogens (tertiary/aromatic N) is 1. The molecular weight excluding hydrogens is 422 g/mol. The van der Waals surface area contributed by atoms with E-state index in [9.17, 15) is 4.79 Å². The first-order valence-electron chi connectivity index (χ1n) is 8.95. The molecule has 0 radical (unpaired) electrons. The summed E-state index contributed by atoms with van der Waals surface area (Å²) in [6.45, 7) is 0. The molecule has 0 fully saturated rings. The van der Waals surface area contributed by atoms with Gasteiger partial charge in [0.25, 0.3) is 5.91 Å². The molecular formula is C22H16ClN3O3S. The summed E-state index contributed by atoms with van der Waals surface area (Å²) >= 11 is 11.3. The molecule has 0 aliphatic carbocycles. The molecule has 4 rings (SSSR count). The smallest absolute Gasteiger partial charge is 0.258 e. The Morgan fingerprint density at radius 1 is 1.10 bits per heavy atom. The van der Waals surface area contributed by atoms with E-state index in [1.54, 1.807) is 31.4 Å². The predicted molar refractivity (Wildman–Crippen MR) is 121 cm³/mol. The number of fused-ring (bicyclic) bond motifs is 1. The molecule has 1 amide bonds. The van der Waals surface area contributed by atoms with Crippen LogP contribution in [0.3, 0.4) is 0 Å². The molecule has 1 aromatic heterocycles. The summed E-state index contributed by atoms with van der Waals surface area (Å²) in [6.07, 6.45) is 0. The topological polar surface area (TPSA) is 76.4 Å². The highest BCUT2D eigenvalue weighted by Gasteiger charge is 2.13. The average Bonchev–Trinajstić information content (AvgIpc) is 3.17. The van der Waals surface area contributed by atoms with Crippen LogP contribution in [-0.2, 0) is 0 Å². The summed E-state index contributed by atoms with van der Waals surface area (Å²) < 4.78 is 11.1. The maximum absolute atomic E-state index is 12.3. The van der Waals surface area contributed by atoms with Gasteiger partial charge in [-0.1, -0.05) is 29.8 Å². The van der Waals surface area contributed by atoms with Crippen LogP contribution in [0, 0.1) is 0 Å². The fraction of sp³-hybridized carbons (Fsp3) is 0.0455. The van der Waals surface area contributed by atoms with Gasteiger partial charge in [0.2, 0.25) is 5.89 Å². The molecule has 2 N–H and O–H groups in total. The zero-order valence-electron chi connectivity index (χ0n) is 15.8. The average molecular weight is 438 g/mol. The summed E-state index contributed by atoms with van der Waals surface area (Å²) in [5, 5.41) is 6.12. The molecule has 8 heteroatoms. The Hall–Kier alpha value is -3.42. The van der Waals surface area contributed by atoms with Gasteiger partial charge in [0.1, 0.15) is 11.3 Å². The van der Waals surface area contributed by atoms with Crippen molar-refractivity contribution >= 4 is 51.6 Å². The van der Waals surface area contributed by atoms with Crippen molar-refractivity contribution in [2.75, 3.05) is 12.4 Å². The van der Waals surface area contributed by atoms with E-state index in [0.717, 1.165) is 5.56 Å². The Bertz CT molecular complexity index is 1260. The number of methoxy groups -OCH3 is 1. The number of anilines is 1. The molecule has 0 unspecified atom stereocenters. The number of carbonyl (C=O) groups excluding carboxylic acids is 1. The van der Waals surface area contributed by atoms with E-state index in [4.69, 9.17) is 33.0 Å². The molecule has 0 saturated carbocycles. The van der Waals surface area contributed by atoms with E-state index in [2.05, 4.69) is 15.6 Å². The normalized spacial score (nSPS) is 10.6. The second-order valence-corrected chi connectivity index (χ2v) is 7.14. The molecule has 4 aromatic rings. The summed E-state index contributed by atoms with van der Waals surface area (Å²) in [4.78, 5) is 16.9. The van der Waals surface area contributed by atoms with Gasteiger partial charge in [0.05, 0.1) is 17.7 Å². The first-order chi connectivity index (χ1) is 14.5. The van der Waals surface area contributed by atoms with Gasteiger partial charge in [-0.25, -0.2) is 4.98 Å². The number of hydrogen-bond donors (Lipinski definition) is 2. The molecule has 0 aliphatic heterocycles. The third-order valence-electron chi connectivity index (χ3n) is 4.31. The van der Waals surface area contributed by atoms with Crippen molar-refractivity contribution in [2.45, 2.75) is 0 Å². The number of aromatic nitrogens is 1. The van der Waals surface area contributed by atoms with Gasteiger partial charge in [-0.2, -0.15) is 0 Å². The third kappa shape index (κ3) is 4.27. The largest absolute Gasteiger partial charge is 0.497 e. The Morgan fingerprint density at radius 2 is 1.93 bits per heavy atom. The van der Waals surface area contributed by atoms with Gasteiger partial charge >= 0.3 is 0 Å². The van der Waals surface area contributed by atoms with Gasteiger partial charge in [-0.05, 0) is 54.7 Å². The number of ether oxygens (including phenoxy) is 1. The van der Waals surface area contributed by atoms with Crippen molar-refractivity contribution in [3.63, 3.8) is 0 Å². The summed E-state index contributed by atoms with van der Waals surface area (Å²) in [7, 11) is 1.60. The quantitative estimate of drug-likeness (QED) is 0.423. The number of nitrogens with one attached hydrogen (secondary N) is 2. The Morgan fingerprint density at radius 3 is 2.73 bits per heavy atom. The summed E-state index contributed by atoms with van der Waals surface area (Å²) in [5.74, 6) is 0.785. The van der Waals surface area contributed by atoms with Crippen LogP contribution in [0.1, 0.15) is 10.4 Å². The van der Waals surface area contributed by atoms with E-state index in [1.807, 2.05) is 42.5 Å². The highest BCUT2D eigenvalue weighted by Crippen LogP contribution is 2.28. The lowest BCUT2D eigenvalue weighted by atomic mass is 10.2. The fourth-order valence-electron chi connectivity index (χ4n) is 2.87. The maximum Gasteiger partial charge on any atom is 0.258 e. The van der Waals surface area contributed by atoms with Crippen molar-refractivity contribution in [3.05, 3.63) is 77.3 Å². The number of rotatable bonds is 4. The molecule has 0 atom stereocenters. The summed E-state index contributed by atoms with van der Waals surface area (Å²) in [6, 6.07) is 19.6. The molecule has 0 aliphatic rings. The van der Waals surface area contributed by atoms with E-state index < -0.39 is 0 Å².